The van der Waals surface area contributed by atoms with Crippen molar-refractivity contribution in [3.63, 3.8) is 0 Å². The van der Waals surface area contributed by atoms with Crippen molar-refractivity contribution in [1.82, 2.24) is 24.8 Å². The summed E-state index contributed by atoms with van der Waals surface area (Å²) in [6.07, 6.45) is 8.25. The van der Waals surface area contributed by atoms with E-state index in [-0.39, 0.29) is 18.1 Å². The van der Waals surface area contributed by atoms with Crippen LogP contribution in [0.25, 0.3) is 5.82 Å². The summed E-state index contributed by atoms with van der Waals surface area (Å²) in [6.45, 7) is 7.74. The van der Waals surface area contributed by atoms with Crippen molar-refractivity contribution in [1.29, 1.82) is 0 Å². The minimum absolute atomic E-state index is 0.0764. The zero-order valence-electron chi connectivity index (χ0n) is 14.8. The van der Waals surface area contributed by atoms with Gasteiger partial charge in [0.15, 0.2) is 0 Å². The third kappa shape index (κ3) is 4.87. The van der Waals surface area contributed by atoms with Gasteiger partial charge in [-0.05, 0) is 32.4 Å². The van der Waals surface area contributed by atoms with Gasteiger partial charge in [-0.15, -0.1) is 0 Å². The molecule has 0 saturated carbocycles. The molecule has 1 fully saturated rings. The lowest BCUT2D eigenvalue weighted by atomic mass is 10.2. The summed E-state index contributed by atoms with van der Waals surface area (Å²) in [4.78, 5) is 23.0. The number of ether oxygens (including phenoxy) is 1. The number of pyridine rings is 1. The van der Waals surface area contributed by atoms with Gasteiger partial charge in [0.05, 0.1) is 12.2 Å². The molecule has 3 rings (SSSR count). The van der Waals surface area contributed by atoms with Crippen LogP contribution in [0, 0.1) is 0 Å². The molecule has 2 aromatic rings. The Bertz CT molecular complexity index is 679. The summed E-state index contributed by atoms with van der Waals surface area (Å²) in [5.74, 6) is 0.605. The number of hydrogen-bond donors (Lipinski definition) is 1. The lowest BCUT2D eigenvalue weighted by Crippen LogP contribution is -2.46. The van der Waals surface area contributed by atoms with Gasteiger partial charge in [-0.2, -0.15) is 0 Å². The normalized spacial score (nSPS) is 21.2. The van der Waals surface area contributed by atoms with Gasteiger partial charge in [0.25, 0.3) is 5.91 Å². The molecule has 1 saturated heterocycles. The van der Waals surface area contributed by atoms with Crippen LogP contribution in [-0.2, 0) is 4.74 Å². The van der Waals surface area contributed by atoms with Gasteiger partial charge in [0.2, 0.25) is 0 Å². The quantitative estimate of drug-likeness (QED) is 0.805. The van der Waals surface area contributed by atoms with Crippen LogP contribution in [0.1, 0.15) is 30.6 Å². The molecule has 7 nitrogen and oxygen atoms in total. The summed E-state index contributed by atoms with van der Waals surface area (Å²) in [5.41, 5.74) is 0.604. The predicted molar refractivity (Wildman–Crippen MR) is 94.8 cm³/mol. The van der Waals surface area contributed by atoms with Gasteiger partial charge in [0.1, 0.15) is 12.1 Å². The molecule has 2 aromatic heterocycles. The van der Waals surface area contributed by atoms with Crippen molar-refractivity contribution >= 4 is 5.91 Å². The first-order valence-electron chi connectivity index (χ1n) is 8.72. The number of amides is 1. The van der Waals surface area contributed by atoms with E-state index in [1.807, 2.05) is 0 Å². The standard InChI is InChI=1S/C18H25N5O2/c1-14-11-22(12-15(2)25-14)8-3-5-21-18(24)16-4-6-20-17(10-16)23-9-7-19-13-23/h4,6-7,9-10,13-15H,3,5,8,11-12H2,1-2H3,(H,21,24)/t14-,15-/m0/s1. The molecule has 0 spiro atoms. The summed E-state index contributed by atoms with van der Waals surface area (Å²) < 4.78 is 7.51. The number of imidazole rings is 1. The molecule has 25 heavy (non-hydrogen) atoms. The monoisotopic (exact) mass is 343 g/mol. The Balaban J connectivity index is 1.46. The first-order chi connectivity index (χ1) is 12.1. The number of aromatic nitrogens is 3. The topological polar surface area (TPSA) is 72.3 Å². The van der Waals surface area contributed by atoms with Crippen molar-refractivity contribution < 1.29 is 9.53 Å². The Morgan fingerprint density at radius 2 is 2.12 bits per heavy atom. The fraction of sp³-hybridized carbons (Fsp3) is 0.500. The van der Waals surface area contributed by atoms with Crippen LogP contribution in [0.5, 0.6) is 0 Å². The highest BCUT2D eigenvalue weighted by Crippen LogP contribution is 2.11. The van der Waals surface area contributed by atoms with Crippen molar-refractivity contribution in [3.8, 4) is 5.82 Å². The maximum atomic E-state index is 12.3. The van der Waals surface area contributed by atoms with E-state index >= 15 is 0 Å². The number of carbonyl (C=O) groups is 1. The largest absolute Gasteiger partial charge is 0.373 e. The van der Waals surface area contributed by atoms with Crippen molar-refractivity contribution in [3.05, 3.63) is 42.6 Å². The van der Waals surface area contributed by atoms with Crippen LogP contribution in [0.15, 0.2) is 37.1 Å². The first kappa shape index (κ1) is 17.6. The van der Waals surface area contributed by atoms with E-state index in [0.29, 0.717) is 17.9 Å². The van der Waals surface area contributed by atoms with E-state index in [0.717, 1.165) is 26.1 Å². The van der Waals surface area contributed by atoms with Crippen LogP contribution in [0.3, 0.4) is 0 Å². The number of morpholine rings is 1. The predicted octanol–water partition coefficient (Wildman–Crippen LogP) is 1.50. The van der Waals surface area contributed by atoms with E-state index < -0.39 is 0 Å². The molecule has 1 amide bonds. The highest BCUT2D eigenvalue weighted by Gasteiger charge is 2.21. The summed E-state index contributed by atoms with van der Waals surface area (Å²) in [6, 6.07) is 3.49. The molecular weight excluding hydrogens is 318 g/mol. The fourth-order valence-corrected chi connectivity index (χ4v) is 3.17. The average molecular weight is 343 g/mol. The molecule has 1 N–H and O–H groups in total. The molecule has 0 radical (unpaired) electrons. The number of rotatable bonds is 6. The van der Waals surface area contributed by atoms with Gasteiger partial charge < -0.3 is 10.1 Å². The first-order valence-corrected chi connectivity index (χ1v) is 8.72. The van der Waals surface area contributed by atoms with Gasteiger partial charge in [0, 0.05) is 50.3 Å². The van der Waals surface area contributed by atoms with E-state index in [1.54, 1.807) is 41.6 Å². The van der Waals surface area contributed by atoms with Crippen LogP contribution >= 0.6 is 0 Å². The fourth-order valence-electron chi connectivity index (χ4n) is 3.17. The smallest absolute Gasteiger partial charge is 0.251 e. The summed E-state index contributed by atoms with van der Waals surface area (Å²) >= 11 is 0. The third-order valence-corrected chi connectivity index (χ3v) is 4.21. The Morgan fingerprint density at radius 1 is 1.32 bits per heavy atom. The van der Waals surface area contributed by atoms with E-state index in [1.165, 1.54) is 0 Å². The van der Waals surface area contributed by atoms with Gasteiger partial charge >= 0.3 is 0 Å². The molecule has 1 aliphatic heterocycles. The molecule has 0 aliphatic carbocycles. The van der Waals surface area contributed by atoms with Crippen molar-refractivity contribution in [2.24, 2.45) is 0 Å². The molecule has 0 unspecified atom stereocenters. The summed E-state index contributed by atoms with van der Waals surface area (Å²) in [7, 11) is 0. The molecule has 1 aliphatic rings. The highest BCUT2D eigenvalue weighted by atomic mass is 16.5. The Morgan fingerprint density at radius 3 is 2.84 bits per heavy atom. The van der Waals surface area contributed by atoms with Crippen molar-refractivity contribution in [2.75, 3.05) is 26.2 Å². The minimum Gasteiger partial charge on any atom is -0.373 e. The zero-order chi connectivity index (χ0) is 17.6. The van der Waals surface area contributed by atoms with Crippen molar-refractivity contribution in [2.45, 2.75) is 32.5 Å². The Kier molecular flexibility index (Phi) is 5.78. The third-order valence-electron chi connectivity index (χ3n) is 4.21. The molecule has 3 heterocycles. The maximum absolute atomic E-state index is 12.3. The van der Waals surface area contributed by atoms with Crippen LogP contribution < -0.4 is 5.32 Å². The molecule has 0 bridgehead atoms. The SMILES string of the molecule is C[C@H]1CN(CCCNC(=O)c2ccnc(-n3ccnc3)c2)C[C@H](C)O1. The maximum Gasteiger partial charge on any atom is 0.251 e. The van der Waals surface area contributed by atoms with Crippen LogP contribution in [0.4, 0.5) is 0 Å². The highest BCUT2D eigenvalue weighted by molar-refractivity contribution is 5.94. The van der Waals surface area contributed by atoms with Gasteiger partial charge in [-0.1, -0.05) is 0 Å². The lowest BCUT2D eigenvalue weighted by Gasteiger charge is -2.35. The van der Waals surface area contributed by atoms with E-state index in [4.69, 9.17) is 4.74 Å². The molecular formula is C18H25N5O2. The zero-order valence-corrected chi connectivity index (χ0v) is 14.8. The second-order valence-electron chi connectivity index (χ2n) is 6.50. The second-order valence-corrected chi connectivity index (χ2v) is 6.50. The molecule has 0 aromatic carbocycles. The van der Waals surface area contributed by atoms with Crippen LogP contribution in [0.2, 0.25) is 0 Å². The average Bonchev–Trinajstić information content (AvgIpc) is 3.12. The Labute approximate surface area is 148 Å². The summed E-state index contributed by atoms with van der Waals surface area (Å²) in [5, 5.41) is 2.98. The van der Waals surface area contributed by atoms with Gasteiger partial charge in [-0.25, -0.2) is 9.97 Å². The minimum atomic E-state index is -0.0764. The number of nitrogens with one attached hydrogen (secondary N) is 1. The van der Waals surface area contributed by atoms with Crippen LogP contribution in [-0.4, -0.2) is 63.7 Å². The number of nitrogens with zero attached hydrogens (tertiary/aromatic N) is 4. The Hall–Kier alpha value is -2.25. The van der Waals surface area contributed by atoms with E-state index in [2.05, 4.69) is 34.0 Å². The second kappa shape index (κ2) is 8.22. The molecule has 134 valence electrons. The van der Waals surface area contributed by atoms with Gasteiger partial charge in [-0.3, -0.25) is 14.3 Å². The number of hydrogen-bond acceptors (Lipinski definition) is 5. The lowest BCUT2D eigenvalue weighted by molar-refractivity contribution is -0.0679. The number of carbonyl (C=O) groups excluding carboxylic acids is 1. The molecule has 7 heteroatoms. The molecule has 2 atom stereocenters. The van der Waals surface area contributed by atoms with E-state index in [9.17, 15) is 4.79 Å².